The van der Waals surface area contributed by atoms with Crippen LogP contribution in [0.3, 0.4) is 0 Å². The number of hydrogen-bond acceptors (Lipinski definition) is 6. The smallest absolute Gasteiger partial charge is 0.303 e. The van der Waals surface area contributed by atoms with E-state index in [1.807, 2.05) is 0 Å². The Bertz CT molecular complexity index is 1340. The SMILES string of the molecule is COc1ccc2ncc(Cl)c(C(O)CCC3(CC(=O)O)CCN(CCNc4cc(F)cc(F)c4F)CC3)c2c1. The summed E-state index contributed by atoms with van der Waals surface area (Å²) in [5, 5.41) is 24.5. The predicted octanol–water partition coefficient (Wildman–Crippen LogP) is 5.80. The van der Waals surface area contributed by atoms with Gasteiger partial charge in [0.25, 0.3) is 0 Å². The maximum atomic E-state index is 13.9. The fourth-order valence-electron chi connectivity index (χ4n) is 5.34. The van der Waals surface area contributed by atoms with Crippen LogP contribution in [0.25, 0.3) is 10.9 Å². The summed E-state index contributed by atoms with van der Waals surface area (Å²) in [6.45, 7) is 1.95. The molecule has 0 aliphatic carbocycles. The number of piperidine rings is 1. The third kappa shape index (κ3) is 6.93. The van der Waals surface area contributed by atoms with Crippen molar-refractivity contribution >= 4 is 34.2 Å². The van der Waals surface area contributed by atoms with Crippen LogP contribution in [0.5, 0.6) is 5.75 Å². The van der Waals surface area contributed by atoms with Gasteiger partial charge in [-0.2, -0.15) is 0 Å². The summed E-state index contributed by atoms with van der Waals surface area (Å²) in [6.07, 6.45) is 2.52. The summed E-state index contributed by atoms with van der Waals surface area (Å²) in [5.41, 5.74) is 0.452. The molecule has 1 unspecified atom stereocenters. The molecule has 1 aliphatic heterocycles. The Morgan fingerprint density at radius 3 is 2.67 bits per heavy atom. The topological polar surface area (TPSA) is 94.9 Å². The van der Waals surface area contributed by atoms with Crippen molar-refractivity contribution in [1.29, 1.82) is 0 Å². The number of methoxy groups -OCH3 is 1. The van der Waals surface area contributed by atoms with E-state index in [-0.39, 0.29) is 18.7 Å². The van der Waals surface area contributed by atoms with E-state index in [0.717, 1.165) is 6.07 Å². The lowest BCUT2D eigenvalue weighted by Gasteiger charge is -2.41. The first-order valence-electron chi connectivity index (χ1n) is 12.7. The molecule has 1 saturated heterocycles. The number of aromatic nitrogens is 1. The molecule has 39 heavy (non-hydrogen) atoms. The van der Waals surface area contributed by atoms with E-state index in [9.17, 15) is 28.2 Å². The minimum Gasteiger partial charge on any atom is -0.497 e. The molecule has 0 saturated carbocycles. The van der Waals surface area contributed by atoms with Crippen LogP contribution in [-0.2, 0) is 4.79 Å². The van der Waals surface area contributed by atoms with E-state index in [4.69, 9.17) is 16.3 Å². The number of carboxylic acids is 1. The predicted molar refractivity (Wildman–Crippen MR) is 143 cm³/mol. The lowest BCUT2D eigenvalue weighted by molar-refractivity contribution is -0.141. The number of anilines is 1. The number of ether oxygens (including phenoxy) is 1. The Morgan fingerprint density at radius 2 is 1.97 bits per heavy atom. The van der Waals surface area contributed by atoms with Gasteiger partial charge in [0.2, 0.25) is 0 Å². The molecule has 1 atom stereocenters. The Balaban J connectivity index is 1.39. The van der Waals surface area contributed by atoms with E-state index < -0.39 is 34.9 Å². The van der Waals surface area contributed by atoms with Crippen molar-refractivity contribution in [3.8, 4) is 5.75 Å². The number of fused-ring (bicyclic) bond motifs is 1. The fraction of sp³-hybridized carbons (Fsp3) is 0.429. The number of pyridine rings is 1. The van der Waals surface area contributed by atoms with Crippen LogP contribution in [-0.4, -0.2) is 59.4 Å². The van der Waals surface area contributed by atoms with Crippen LogP contribution >= 0.6 is 11.6 Å². The highest BCUT2D eigenvalue weighted by molar-refractivity contribution is 6.32. The molecular weight excluding hydrogens is 535 g/mol. The van der Waals surface area contributed by atoms with Gasteiger partial charge in [0.05, 0.1) is 35.9 Å². The largest absolute Gasteiger partial charge is 0.497 e. The zero-order valence-corrected chi connectivity index (χ0v) is 22.3. The Labute approximate surface area is 229 Å². The summed E-state index contributed by atoms with van der Waals surface area (Å²) < 4.78 is 46.0. The average molecular weight is 566 g/mol. The highest BCUT2D eigenvalue weighted by Gasteiger charge is 2.37. The summed E-state index contributed by atoms with van der Waals surface area (Å²) in [7, 11) is 1.55. The van der Waals surface area contributed by atoms with Gasteiger partial charge in [-0.15, -0.1) is 0 Å². The molecule has 4 rings (SSSR count). The first kappa shape index (κ1) is 28.9. The highest BCUT2D eigenvalue weighted by atomic mass is 35.5. The van der Waals surface area contributed by atoms with Gasteiger partial charge < -0.3 is 25.2 Å². The lowest BCUT2D eigenvalue weighted by atomic mass is 9.71. The number of aliphatic carboxylic acids is 1. The Hall–Kier alpha value is -3.08. The molecule has 0 spiro atoms. The van der Waals surface area contributed by atoms with Gasteiger partial charge in [-0.25, -0.2) is 13.2 Å². The van der Waals surface area contributed by atoms with Crippen LogP contribution in [0.1, 0.15) is 43.8 Å². The third-order valence-electron chi connectivity index (χ3n) is 7.53. The second kappa shape index (κ2) is 12.4. The maximum absolute atomic E-state index is 13.9. The second-order valence-corrected chi connectivity index (χ2v) is 10.5. The first-order valence-corrected chi connectivity index (χ1v) is 13.1. The van der Waals surface area contributed by atoms with E-state index in [1.165, 1.54) is 6.20 Å². The van der Waals surface area contributed by atoms with Crippen LogP contribution in [0.4, 0.5) is 18.9 Å². The number of carbonyl (C=O) groups is 1. The van der Waals surface area contributed by atoms with Crippen molar-refractivity contribution in [2.45, 2.75) is 38.2 Å². The van der Waals surface area contributed by atoms with Gasteiger partial charge in [0.1, 0.15) is 11.6 Å². The van der Waals surface area contributed by atoms with Gasteiger partial charge in [0.15, 0.2) is 11.6 Å². The summed E-state index contributed by atoms with van der Waals surface area (Å²) in [4.78, 5) is 18.2. The fourth-order valence-corrected chi connectivity index (χ4v) is 5.62. The molecule has 0 amide bonds. The number of aliphatic hydroxyl groups excluding tert-OH is 1. The second-order valence-electron chi connectivity index (χ2n) is 10.0. The number of nitrogens with one attached hydrogen (secondary N) is 1. The molecule has 210 valence electrons. The van der Waals surface area contributed by atoms with Gasteiger partial charge in [-0.1, -0.05) is 11.6 Å². The van der Waals surface area contributed by atoms with Crippen molar-refractivity contribution < 1.29 is 32.9 Å². The van der Waals surface area contributed by atoms with Crippen LogP contribution in [0, 0.1) is 22.9 Å². The zero-order chi connectivity index (χ0) is 28.2. The van der Waals surface area contributed by atoms with Crippen molar-refractivity contribution in [2.24, 2.45) is 5.41 Å². The van der Waals surface area contributed by atoms with Crippen LogP contribution in [0.2, 0.25) is 5.02 Å². The van der Waals surface area contributed by atoms with E-state index >= 15 is 0 Å². The molecule has 2 heterocycles. The lowest BCUT2D eigenvalue weighted by Crippen LogP contribution is -2.43. The number of halogens is 4. The Morgan fingerprint density at radius 1 is 1.23 bits per heavy atom. The number of nitrogens with zero attached hydrogens (tertiary/aromatic N) is 2. The van der Waals surface area contributed by atoms with Crippen molar-refractivity contribution in [3.63, 3.8) is 0 Å². The molecule has 2 aromatic carbocycles. The quantitative estimate of drug-likeness (QED) is 0.253. The molecule has 3 N–H and O–H groups in total. The van der Waals surface area contributed by atoms with E-state index in [2.05, 4.69) is 15.2 Å². The number of likely N-dealkylation sites (tertiary alicyclic amines) is 1. The third-order valence-corrected chi connectivity index (χ3v) is 7.83. The van der Waals surface area contributed by atoms with Gasteiger partial charge >= 0.3 is 5.97 Å². The monoisotopic (exact) mass is 565 g/mol. The number of carboxylic acid groups (broad SMARTS) is 1. The van der Waals surface area contributed by atoms with E-state index in [0.29, 0.717) is 78.6 Å². The molecule has 3 aromatic rings. The van der Waals surface area contributed by atoms with Crippen molar-refractivity contribution in [2.75, 3.05) is 38.6 Å². The minimum atomic E-state index is -1.25. The molecule has 0 bridgehead atoms. The van der Waals surface area contributed by atoms with Gasteiger partial charge in [0, 0.05) is 42.4 Å². The standard InChI is InChI=1S/C28H31ClF3N3O4/c1-39-18-2-3-22-19(14-18)26(20(29)16-34-22)24(36)4-5-28(15-25(37)38)6-9-35(10-7-28)11-8-33-23-13-17(30)12-21(31)27(23)32/h2-3,12-14,16,24,33,36H,4-11,15H2,1H3,(H,37,38). The molecular formula is C28H31ClF3N3O4. The molecule has 0 radical (unpaired) electrons. The van der Waals surface area contributed by atoms with Gasteiger partial charge in [-0.05, 0) is 62.4 Å². The summed E-state index contributed by atoms with van der Waals surface area (Å²) >= 11 is 6.44. The number of rotatable bonds is 11. The average Bonchev–Trinajstić information content (AvgIpc) is 2.90. The molecule has 11 heteroatoms. The Kier molecular flexibility index (Phi) is 9.19. The molecule has 1 fully saturated rings. The van der Waals surface area contributed by atoms with Gasteiger partial charge in [-0.3, -0.25) is 9.78 Å². The van der Waals surface area contributed by atoms with Crippen molar-refractivity contribution in [1.82, 2.24) is 9.88 Å². The minimum absolute atomic E-state index is 0.0295. The highest BCUT2D eigenvalue weighted by Crippen LogP contribution is 2.43. The van der Waals surface area contributed by atoms with Crippen LogP contribution < -0.4 is 10.1 Å². The summed E-state index contributed by atoms with van der Waals surface area (Å²) in [5.74, 6) is -3.55. The molecule has 7 nitrogen and oxygen atoms in total. The zero-order valence-electron chi connectivity index (χ0n) is 21.5. The molecule has 1 aromatic heterocycles. The first-order chi connectivity index (χ1) is 18.6. The van der Waals surface area contributed by atoms with Crippen LogP contribution in [0.15, 0.2) is 36.5 Å². The number of aliphatic hydroxyl groups is 1. The molecule has 1 aliphatic rings. The maximum Gasteiger partial charge on any atom is 0.303 e. The van der Waals surface area contributed by atoms with E-state index in [1.54, 1.807) is 25.3 Å². The normalized spacial score (nSPS) is 16.3. The number of benzene rings is 2. The summed E-state index contributed by atoms with van der Waals surface area (Å²) in [6, 6.07) is 6.74. The van der Waals surface area contributed by atoms with Crippen molar-refractivity contribution in [3.05, 3.63) is 64.6 Å². The number of hydrogen-bond donors (Lipinski definition) is 3.